The molecule has 398 valence electrons. The van der Waals surface area contributed by atoms with Gasteiger partial charge in [0.05, 0.1) is 18.3 Å². The van der Waals surface area contributed by atoms with Crippen LogP contribution in [0.1, 0.15) is 227 Å². The number of carbonyl (C=O) groups is 5. The van der Waals surface area contributed by atoms with Gasteiger partial charge in [-0.25, -0.2) is 4.39 Å². The van der Waals surface area contributed by atoms with Crippen LogP contribution in [0.15, 0.2) is 36.1 Å². The molecule has 3 saturated carbocycles. The van der Waals surface area contributed by atoms with Crippen LogP contribution in [-0.4, -0.2) is 83.0 Å². The van der Waals surface area contributed by atoms with Crippen molar-refractivity contribution >= 4 is 29.5 Å². The van der Waals surface area contributed by atoms with Crippen molar-refractivity contribution in [2.24, 2.45) is 28.6 Å². The summed E-state index contributed by atoms with van der Waals surface area (Å²) in [5, 5.41) is 23.9. The highest BCUT2D eigenvalue weighted by atomic mass is 19.1. The third-order valence-corrected chi connectivity index (χ3v) is 16.8. The topological polar surface area (TPSA) is 163 Å². The second-order valence-electron chi connectivity index (χ2n) is 22.0. The number of aliphatic hydroxyl groups excluding tert-OH is 1. The lowest BCUT2D eigenvalue weighted by Gasteiger charge is -2.62. The van der Waals surface area contributed by atoms with Crippen molar-refractivity contribution < 1.29 is 57.5 Å². The van der Waals surface area contributed by atoms with E-state index < -0.39 is 76.4 Å². The van der Waals surface area contributed by atoms with Gasteiger partial charge in [-0.3, -0.25) is 24.0 Å². The summed E-state index contributed by atoms with van der Waals surface area (Å²) in [6.45, 7) is 12.6. The zero-order valence-electron chi connectivity index (χ0n) is 44.1. The van der Waals surface area contributed by atoms with E-state index in [1.165, 1.54) is 108 Å². The molecule has 4 rings (SSSR count). The van der Waals surface area contributed by atoms with Crippen molar-refractivity contribution in [1.29, 1.82) is 0 Å². The lowest BCUT2D eigenvalue weighted by atomic mass is 9.44. The number of unbranched alkanes of at least 4 members (excludes halogenated alkanes) is 20. The smallest absolute Gasteiger partial charge is 0.306 e. The zero-order valence-corrected chi connectivity index (χ0v) is 44.1. The third kappa shape index (κ3) is 15.8. The Morgan fingerprint density at radius 3 is 1.77 bits per heavy atom. The third-order valence-electron chi connectivity index (χ3n) is 16.8. The molecule has 0 aromatic carbocycles. The quantitative estimate of drug-likeness (QED) is 0.0266. The van der Waals surface area contributed by atoms with E-state index in [9.17, 15) is 34.2 Å². The number of fused-ring (bicyclic) bond motifs is 5. The number of esters is 3. The van der Waals surface area contributed by atoms with Crippen molar-refractivity contribution in [3.05, 3.63) is 36.1 Å². The van der Waals surface area contributed by atoms with Crippen LogP contribution in [0, 0.1) is 28.6 Å². The Balaban J connectivity index is 1.22. The molecule has 0 saturated heterocycles. The van der Waals surface area contributed by atoms with E-state index in [1.807, 2.05) is 0 Å². The number of aliphatic hydroxyl groups is 2. The number of rotatable bonds is 36. The number of allylic oxidation sites excluding steroid dienone is 5. The van der Waals surface area contributed by atoms with Gasteiger partial charge in [0.25, 0.3) is 0 Å². The Morgan fingerprint density at radius 1 is 0.714 bits per heavy atom. The van der Waals surface area contributed by atoms with Crippen LogP contribution in [0.3, 0.4) is 0 Å². The molecule has 0 heterocycles. The molecule has 12 heteroatoms. The van der Waals surface area contributed by atoms with Crippen LogP contribution in [0.5, 0.6) is 0 Å². The highest BCUT2D eigenvalue weighted by Crippen LogP contribution is 2.70. The van der Waals surface area contributed by atoms with Crippen LogP contribution < -0.4 is 0 Å². The fourth-order valence-corrected chi connectivity index (χ4v) is 12.5. The first-order chi connectivity index (χ1) is 33.5. The maximum Gasteiger partial charge on any atom is 0.306 e. The van der Waals surface area contributed by atoms with E-state index >= 15 is 4.39 Å². The van der Waals surface area contributed by atoms with Gasteiger partial charge in [0.15, 0.2) is 24.2 Å². The first-order valence-electron chi connectivity index (χ1n) is 27.9. The van der Waals surface area contributed by atoms with Gasteiger partial charge in [0, 0.05) is 36.0 Å². The van der Waals surface area contributed by atoms with Crippen LogP contribution in [0.2, 0.25) is 0 Å². The second-order valence-corrected chi connectivity index (χ2v) is 22.0. The lowest BCUT2D eigenvalue weighted by molar-refractivity contribution is -0.220. The van der Waals surface area contributed by atoms with Crippen molar-refractivity contribution in [2.45, 2.75) is 251 Å². The first-order valence-corrected chi connectivity index (χ1v) is 27.9. The summed E-state index contributed by atoms with van der Waals surface area (Å²) in [6.07, 6.45) is 29.1. The van der Waals surface area contributed by atoms with Gasteiger partial charge in [-0.1, -0.05) is 174 Å². The van der Waals surface area contributed by atoms with E-state index in [0.717, 1.165) is 38.5 Å². The van der Waals surface area contributed by atoms with E-state index in [0.29, 0.717) is 31.3 Å². The highest BCUT2D eigenvalue weighted by molar-refractivity contribution is 6.01. The molecular weight excluding hydrogens is 892 g/mol. The second kappa shape index (κ2) is 29.4. The van der Waals surface area contributed by atoms with Gasteiger partial charge in [0.1, 0.15) is 18.8 Å². The fourth-order valence-electron chi connectivity index (χ4n) is 12.5. The summed E-state index contributed by atoms with van der Waals surface area (Å²) in [6, 6.07) is 0. The average Bonchev–Trinajstić information content (AvgIpc) is 3.53. The number of hydrogen-bond acceptors (Lipinski definition) is 11. The summed E-state index contributed by atoms with van der Waals surface area (Å²) in [5.74, 6) is -3.89. The molecule has 4 aliphatic carbocycles. The van der Waals surface area contributed by atoms with Gasteiger partial charge in [-0.15, -0.1) is 0 Å². The van der Waals surface area contributed by atoms with E-state index in [1.54, 1.807) is 26.8 Å². The minimum absolute atomic E-state index is 0.0350. The predicted octanol–water partition coefficient (Wildman–Crippen LogP) is 12.6. The van der Waals surface area contributed by atoms with Crippen LogP contribution in [0.25, 0.3) is 0 Å². The minimum atomic E-state index is -2.10. The zero-order chi connectivity index (χ0) is 51.2. The fraction of sp³-hybridized carbons (Fsp3) is 0.810. The standard InChI is InChI=1S/C58H93FO11/c1-7-9-11-13-15-17-19-21-23-25-27-29-52(63)68-41-47(70-54(65)30-28-26-24-22-20-18-16-14-12-10-8-2)40-67-44(4)31-34-53(64)69-42-51(62)58(66)43(3)37-49-48-33-32-45-38-46(60)35-36-55(45,5)57(48,59)50(61)39-56(49,58)6/h35-36,38,43,47-50,61,66H,4,7-34,37,39-42H2,1-3,5-6H3/t43-,47?,48+,49+,50+,55+,56+,57+,58+/m1/s1. The van der Waals surface area contributed by atoms with E-state index in [-0.39, 0.29) is 62.8 Å². The molecule has 0 aromatic rings. The number of alkyl halides is 1. The summed E-state index contributed by atoms with van der Waals surface area (Å²) >= 11 is 0. The number of ketones is 2. The van der Waals surface area contributed by atoms with Crippen LogP contribution in [0.4, 0.5) is 4.39 Å². The Labute approximate surface area is 420 Å². The Hall–Kier alpha value is -3.38. The van der Waals surface area contributed by atoms with Crippen molar-refractivity contribution in [2.75, 3.05) is 19.8 Å². The normalized spacial score (nSPS) is 28.2. The SMILES string of the molecule is C=C(CCC(=O)OCC(=O)[C@@]1(O)[C@H](C)C[C@H]2[C@@H]3CCC4=CC(=O)C=C[C@]4(C)[C@@]3(F)[C@@H](O)C[C@@]21C)OCC(COC(=O)CCCCCCCCCCCCC)OC(=O)CCCCCCCCCCCCC. The Kier molecular flexibility index (Phi) is 24.8. The Morgan fingerprint density at radius 2 is 1.21 bits per heavy atom. The maximum absolute atomic E-state index is 17.6. The largest absolute Gasteiger partial charge is 0.495 e. The average molecular weight is 985 g/mol. The minimum Gasteiger partial charge on any atom is -0.495 e. The molecule has 0 amide bonds. The van der Waals surface area contributed by atoms with Gasteiger partial charge in [0.2, 0.25) is 5.78 Å². The van der Waals surface area contributed by atoms with Crippen LogP contribution >= 0.6 is 0 Å². The molecular formula is C58H93FO11. The van der Waals surface area contributed by atoms with E-state index in [2.05, 4.69) is 20.4 Å². The molecule has 11 nitrogen and oxygen atoms in total. The molecule has 3 fully saturated rings. The summed E-state index contributed by atoms with van der Waals surface area (Å²) in [4.78, 5) is 64.9. The number of ether oxygens (including phenoxy) is 4. The summed E-state index contributed by atoms with van der Waals surface area (Å²) in [5.41, 5.74) is -5.83. The molecule has 4 aliphatic rings. The number of halogens is 1. The first kappa shape index (κ1) is 59.2. The number of Topliss-reactive ketones (excluding diaryl/α,β-unsaturated/α-hetero) is 1. The number of hydrogen-bond donors (Lipinski definition) is 2. The van der Waals surface area contributed by atoms with Gasteiger partial charge >= 0.3 is 17.9 Å². The van der Waals surface area contributed by atoms with Crippen molar-refractivity contribution in [3.63, 3.8) is 0 Å². The molecule has 0 aromatic heterocycles. The molecule has 0 bridgehead atoms. The van der Waals surface area contributed by atoms with Crippen molar-refractivity contribution in [3.8, 4) is 0 Å². The number of carbonyl (C=O) groups excluding carboxylic acids is 5. The summed E-state index contributed by atoms with van der Waals surface area (Å²) in [7, 11) is 0. The van der Waals surface area contributed by atoms with Gasteiger partial charge < -0.3 is 29.2 Å². The van der Waals surface area contributed by atoms with Crippen molar-refractivity contribution in [1.82, 2.24) is 0 Å². The van der Waals surface area contributed by atoms with Crippen LogP contribution in [-0.2, 0) is 42.9 Å². The monoisotopic (exact) mass is 985 g/mol. The van der Waals surface area contributed by atoms with Gasteiger partial charge in [-0.05, 0) is 69.4 Å². The highest BCUT2D eigenvalue weighted by Gasteiger charge is 2.75. The Bertz CT molecular complexity index is 1760. The molecule has 0 aliphatic heterocycles. The molecule has 2 N–H and O–H groups in total. The van der Waals surface area contributed by atoms with E-state index in [4.69, 9.17) is 18.9 Å². The molecule has 70 heavy (non-hydrogen) atoms. The van der Waals surface area contributed by atoms with Gasteiger partial charge in [-0.2, -0.15) is 0 Å². The molecule has 0 spiro atoms. The molecule has 9 atom stereocenters. The molecule has 0 radical (unpaired) electrons. The predicted molar refractivity (Wildman–Crippen MR) is 271 cm³/mol. The lowest BCUT2D eigenvalue weighted by Crippen LogP contribution is -2.69. The molecule has 1 unspecified atom stereocenters. The summed E-state index contributed by atoms with van der Waals surface area (Å²) < 4.78 is 40.1. The maximum atomic E-state index is 17.6.